The number of Topliss-reactive ketones (excluding diaryl/α,β-unsaturated/α-hetero) is 2. The van der Waals surface area contributed by atoms with E-state index in [4.69, 9.17) is 9.47 Å². The van der Waals surface area contributed by atoms with E-state index < -0.39 is 24.0 Å². The van der Waals surface area contributed by atoms with Gasteiger partial charge in [0.05, 0.1) is 6.42 Å². The van der Waals surface area contributed by atoms with Crippen LogP contribution in [0.25, 0.3) is 0 Å². The standard InChI is InChI=1S/C22H20O6/c1-14-21(25)19(28-22(14)26)11-15-7-9-16(10-8-15)12-20(24)27-13-18(23)17-5-3-2-4-6-17/h2-10,14,19H,11-13H2,1H3. The summed E-state index contributed by atoms with van der Waals surface area (Å²) in [7, 11) is 0. The lowest BCUT2D eigenvalue weighted by atomic mass is 9.99. The van der Waals surface area contributed by atoms with Gasteiger partial charge in [0.25, 0.3) is 0 Å². The molecule has 2 unspecified atom stereocenters. The summed E-state index contributed by atoms with van der Waals surface area (Å²) in [6, 6.07) is 15.7. The second kappa shape index (κ2) is 8.61. The molecule has 2 aromatic rings. The highest BCUT2D eigenvalue weighted by Crippen LogP contribution is 2.20. The molecule has 0 bridgehead atoms. The molecule has 0 radical (unpaired) electrons. The van der Waals surface area contributed by atoms with Crippen molar-refractivity contribution in [3.05, 3.63) is 71.3 Å². The van der Waals surface area contributed by atoms with E-state index in [1.165, 1.54) is 0 Å². The van der Waals surface area contributed by atoms with Gasteiger partial charge >= 0.3 is 11.9 Å². The Labute approximate surface area is 162 Å². The number of carbonyl (C=O) groups excluding carboxylic acids is 4. The molecule has 1 heterocycles. The molecular weight excluding hydrogens is 360 g/mol. The zero-order chi connectivity index (χ0) is 20.1. The minimum atomic E-state index is -0.748. The second-order valence-corrected chi connectivity index (χ2v) is 6.70. The highest BCUT2D eigenvalue weighted by molar-refractivity contribution is 6.06. The first-order chi connectivity index (χ1) is 13.4. The molecule has 0 aromatic heterocycles. The predicted molar refractivity (Wildman–Crippen MR) is 99.6 cm³/mol. The fraction of sp³-hybridized carbons (Fsp3) is 0.273. The Morgan fingerprint density at radius 1 is 0.964 bits per heavy atom. The Hall–Kier alpha value is -3.28. The number of cyclic esters (lactones) is 1. The van der Waals surface area contributed by atoms with Gasteiger partial charge in [0.1, 0.15) is 5.92 Å². The maximum Gasteiger partial charge on any atom is 0.317 e. The summed E-state index contributed by atoms with van der Waals surface area (Å²) in [6.45, 7) is 1.25. The third-order valence-electron chi connectivity index (χ3n) is 4.61. The summed E-state index contributed by atoms with van der Waals surface area (Å²) in [5.74, 6) is -2.15. The van der Waals surface area contributed by atoms with Gasteiger partial charge < -0.3 is 9.47 Å². The molecule has 6 nitrogen and oxygen atoms in total. The van der Waals surface area contributed by atoms with E-state index in [2.05, 4.69) is 0 Å². The Morgan fingerprint density at radius 3 is 2.21 bits per heavy atom. The summed E-state index contributed by atoms with van der Waals surface area (Å²) in [6.07, 6.45) is -0.399. The van der Waals surface area contributed by atoms with Crippen molar-refractivity contribution in [2.75, 3.05) is 6.61 Å². The van der Waals surface area contributed by atoms with E-state index in [1.54, 1.807) is 61.5 Å². The molecule has 0 amide bonds. The second-order valence-electron chi connectivity index (χ2n) is 6.70. The van der Waals surface area contributed by atoms with E-state index in [-0.39, 0.29) is 24.6 Å². The van der Waals surface area contributed by atoms with Crippen LogP contribution in [0.5, 0.6) is 0 Å². The van der Waals surface area contributed by atoms with Crippen molar-refractivity contribution in [3.8, 4) is 0 Å². The molecule has 2 atom stereocenters. The van der Waals surface area contributed by atoms with Crippen molar-refractivity contribution < 1.29 is 28.7 Å². The molecule has 3 rings (SSSR count). The normalized spacial score (nSPS) is 18.6. The number of rotatable bonds is 7. The Bertz CT molecular complexity index is 885. The third kappa shape index (κ3) is 4.71. The number of carbonyl (C=O) groups is 4. The van der Waals surface area contributed by atoms with Crippen LogP contribution >= 0.6 is 0 Å². The van der Waals surface area contributed by atoms with Gasteiger partial charge in [0, 0.05) is 12.0 Å². The molecule has 0 spiro atoms. The largest absolute Gasteiger partial charge is 0.457 e. The van der Waals surface area contributed by atoms with Crippen molar-refractivity contribution in [2.24, 2.45) is 5.92 Å². The smallest absolute Gasteiger partial charge is 0.317 e. The van der Waals surface area contributed by atoms with Crippen LogP contribution in [0.1, 0.15) is 28.4 Å². The van der Waals surface area contributed by atoms with Crippen LogP contribution in [0.15, 0.2) is 54.6 Å². The van der Waals surface area contributed by atoms with Crippen molar-refractivity contribution >= 4 is 23.5 Å². The van der Waals surface area contributed by atoms with Crippen LogP contribution in [-0.2, 0) is 36.7 Å². The van der Waals surface area contributed by atoms with Gasteiger partial charge in [0.15, 0.2) is 24.3 Å². The van der Waals surface area contributed by atoms with Crippen LogP contribution in [0.4, 0.5) is 0 Å². The number of esters is 2. The number of hydrogen-bond donors (Lipinski definition) is 0. The van der Waals surface area contributed by atoms with E-state index in [0.717, 1.165) is 11.1 Å². The summed E-state index contributed by atoms with van der Waals surface area (Å²) in [5.41, 5.74) is 2.05. The van der Waals surface area contributed by atoms with Gasteiger partial charge in [-0.15, -0.1) is 0 Å². The lowest BCUT2D eigenvalue weighted by Crippen LogP contribution is -2.21. The van der Waals surface area contributed by atoms with Gasteiger partial charge in [-0.1, -0.05) is 54.6 Å². The first-order valence-corrected chi connectivity index (χ1v) is 9.00. The van der Waals surface area contributed by atoms with Gasteiger partial charge in [-0.3, -0.25) is 19.2 Å². The van der Waals surface area contributed by atoms with Crippen molar-refractivity contribution in [2.45, 2.75) is 25.9 Å². The number of hydrogen-bond acceptors (Lipinski definition) is 6. The molecule has 1 fully saturated rings. The van der Waals surface area contributed by atoms with Crippen LogP contribution < -0.4 is 0 Å². The number of ketones is 2. The van der Waals surface area contributed by atoms with Crippen molar-refractivity contribution in [1.29, 1.82) is 0 Å². The minimum absolute atomic E-state index is 0.0384. The van der Waals surface area contributed by atoms with Crippen LogP contribution in [-0.4, -0.2) is 36.2 Å². The van der Waals surface area contributed by atoms with E-state index in [1.807, 2.05) is 0 Å². The van der Waals surface area contributed by atoms with Crippen LogP contribution in [0.3, 0.4) is 0 Å². The van der Waals surface area contributed by atoms with Gasteiger partial charge in [-0.25, -0.2) is 0 Å². The molecule has 1 saturated heterocycles. The summed E-state index contributed by atoms with van der Waals surface area (Å²) in [5, 5.41) is 0. The monoisotopic (exact) mass is 380 g/mol. The molecule has 1 aliphatic heterocycles. The maximum atomic E-state index is 12.0. The fourth-order valence-corrected chi connectivity index (χ4v) is 2.92. The molecular formula is C22H20O6. The SMILES string of the molecule is CC1C(=O)OC(Cc2ccc(CC(=O)OCC(=O)c3ccccc3)cc2)C1=O. The zero-order valence-corrected chi connectivity index (χ0v) is 15.4. The van der Waals surface area contributed by atoms with E-state index in [9.17, 15) is 19.2 Å². The Kier molecular flexibility index (Phi) is 5.99. The van der Waals surface area contributed by atoms with Crippen molar-refractivity contribution in [3.63, 3.8) is 0 Å². The third-order valence-corrected chi connectivity index (χ3v) is 4.61. The Morgan fingerprint density at radius 2 is 1.61 bits per heavy atom. The van der Waals surface area contributed by atoms with Crippen LogP contribution in [0.2, 0.25) is 0 Å². The molecule has 2 aromatic carbocycles. The molecule has 6 heteroatoms. The molecule has 0 aliphatic carbocycles. The predicted octanol–water partition coefficient (Wildman–Crippen LogP) is 2.33. The number of ether oxygens (including phenoxy) is 2. The van der Waals surface area contributed by atoms with Gasteiger partial charge in [-0.05, 0) is 18.1 Å². The summed E-state index contributed by atoms with van der Waals surface area (Å²) in [4.78, 5) is 47.3. The molecule has 144 valence electrons. The molecule has 28 heavy (non-hydrogen) atoms. The van der Waals surface area contributed by atoms with Crippen LogP contribution in [0, 0.1) is 5.92 Å². The first-order valence-electron chi connectivity index (χ1n) is 9.00. The molecule has 0 N–H and O–H groups in total. The topological polar surface area (TPSA) is 86.7 Å². The van der Waals surface area contributed by atoms with Gasteiger partial charge in [-0.2, -0.15) is 0 Å². The molecule has 0 saturated carbocycles. The van der Waals surface area contributed by atoms with E-state index in [0.29, 0.717) is 12.0 Å². The lowest BCUT2D eigenvalue weighted by Gasteiger charge is -2.09. The first kappa shape index (κ1) is 19.5. The summed E-state index contributed by atoms with van der Waals surface area (Å²) >= 11 is 0. The maximum absolute atomic E-state index is 12.0. The average molecular weight is 380 g/mol. The van der Waals surface area contributed by atoms with E-state index >= 15 is 0 Å². The number of benzene rings is 2. The lowest BCUT2D eigenvalue weighted by molar-refractivity contribution is -0.144. The Balaban J connectivity index is 1.49. The highest BCUT2D eigenvalue weighted by Gasteiger charge is 2.39. The van der Waals surface area contributed by atoms with Gasteiger partial charge in [0.2, 0.25) is 0 Å². The summed E-state index contributed by atoms with van der Waals surface area (Å²) < 4.78 is 10.1. The highest BCUT2D eigenvalue weighted by atomic mass is 16.6. The zero-order valence-electron chi connectivity index (χ0n) is 15.4. The quantitative estimate of drug-likeness (QED) is 0.416. The fourth-order valence-electron chi connectivity index (χ4n) is 2.92. The molecule has 1 aliphatic rings. The minimum Gasteiger partial charge on any atom is -0.457 e. The van der Waals surface area contributed by atoms with Crippen molar-refractivity contribution in [1.82, 2.24) is 0 Å². The average Bonchev–Trinajstić information content (AvgIpc) is 2.95.